The number of carbonyl (C=O) groups excluding carboxylic acids is 1. The Hall–Kier alpha value is -2.12. The minimum atomic E-state index is 0.0371. The first-order valence-corrected chi connectivity index (χ1v) is 8.81. The fourth-order valence-electron chi connectivity index (χ4n) is 3.61. The van der Waals surface area contributed by atoms with E-state index in [1.165, 1.54) is 0 Å². The van der Waals surface area contributed by atoms with Crippen molar-refractivity contribution in [2.45, 2.75) is 32.6 Å². The Morgan fingerprint density at radius 2 is 2.32 bits per heavy atom. The molecule has 4 rings (SSSR count). The Balaban J connectivity index is 1.37. The summed E-state index contributed by atoms with van der Waals surface area (Å²) in [6.45, 7) is 5.01. The predicted molar refractivity (Wildman–Crippen MR) is 90.4 cm³/mol. The highest BCUT2D eigenvalue weighted by Crippen LogP contribution is 2.21. The standard InChI is InChI=1S/C18H24N4O3/c1-20(9-14-2-6-24-12-14)10-16-8-17-11-21(4-5-22(17)19-16)18(23)15-3-7-25-13-15/h2,6,8,12,15H,3-5,7,9-11,13H2,1H3. The van der Waals surface area contributed by atoms with Gasteiger partial charge in [0.15, 0.2) is 0 Å². The number of nitrogens with zero attached hydrogens (tertiary/aromatic N) is 4. The number of amides is 1. The molecule has 1 amide bonds. The molecule has 2 aromatic heterocycles. The number of furan rings is 1. The zero-order valence-corrected chi connectivity index (χ0v) is 14.6. The Morgan fingerprint density at radius 3 is 3.08 bits per heavy atom. The van der Waals surface area contributed by atoms with Gasteiger partial charge in [-0.2, -0.15) is 5.10 Å². The maximum Gasteiger partial charge on any atom is 0.228 e. The van der Waals surface area contributed by atoms with Gasteiger partial charge in [-0.3, -0.25) is 14.4 Å². The molecule has 0 aromatic carbocycles. The summed E-state index contributed by atoms with van der Waals surface area (Å²) in [7, 11) is 2.07. The van der Waals surface area contributed by atoms with E-state index in [-0.39, 0.29) is 11.8 Å². The van der Waals surface area contributed by atoms with E-state index in [2.05, 4.69) is 18.0 Å². The molecule has 1 atom stereocenters. The average Bonchev–Trinajstić information content (AvgIpc) is 3.34. The largest absolute Gasteiger partial charge is 0.472 e. The summed E-state index contributed by atoms with van der Waals surface area (Å²) in [4.78, 5) is 16.7. The SMILES string of the molecule is CN(Cc1ccoc1)Cc1cc2n(n1)CCN(C(=O)C1CCOC1)C2. The third kappa shape index (κ3) is 3.62. The third-order valence-electron chi connectivity index (χ3n) is 4.90. The van der Waals surface area contributed by atoms with Crippen LogP contribution in [0.15, 0.2) is 29.1 Å². The number of fused-ring (bicyclic) bond motifs is 1. The van der Waals surface area contributed by atoms with Gasteiger partial charge in [0, 0.05) is 31.8 Å². The lowest BCUT2D eigenvalue weighted by Gasteiger charge is -2.29. The first-order valence-electron chi connectivity index (χ1n) is 8.81. The molecule has 1 fully saturated rings. The van der Waals surface area contributed by atoms with Gasteiger partial charge in [-0.15, -0.1) is 0 Å². The highest BCUT2D eigenvalue weighted by Gasteiger charge is 2.30. The van der Waals surface area contributed by atoms with Crippen molar-refractivity contribution in [3.8, 4) is 0 Å². The first kappa shape index (κ1) is 16.4. The van der Waals surface area contributed by atoms with Crippen LogP contribution in [-0.4, -0.2) is 52.3 Å². The molecule has 2 aliphatic heterocycles. The number of aromatic nitrogens is 2. The minimum Gasteiger partial charge on any atom is -0.472 e. The maximum absolute atomic E-state index is 12.6. The molecule has 7 heteroatoms. The topological polar surface area (TPSA) is 63.7 Å². The molecule has 2 aliphatic rings. The molecule has 25 heavy (non-hydrogen) atoms. The fourth-order valence-corrected chi connectivity index (χ4v) is 3.61. The van der Waals surface area contributed by atoms with E-state index in [1.807, 2.05) is 15.6 Å². The van der Waals surface area contributed by atoms with Gasteiger partial charge in [0.2, 0.25) is 5.91 Å². The second-order valence-electron chi connectivity index (χ2n) is 6.97. The van der Waals surface area contributed by atoms with Gasteiger partial charge in [0.1, 0.15) is 0 Å². The van der Waals surface area contributed by atoms with Crippen molar-refractivity contribution in [3.05, 3.63) is 41.6 Å². The summed E-state index contributed by atoms with van der Waals surface area (Å²) in [6, 6.07) is 4.10. The average molecular weight is 344 g/mol. The van der Waals surface area contributed by atoms with Crippen molar-refractivity contribution in [1.29, 1.82) is 0 Å². The molecular formula is C18H24N4O3. The Bertz CT molecular complexity index is 719. The normalized spacial score (nSPS) is 20.2. The van der Waals surface area contributed by atoms with E-state index < -0.39 is 0 Å². The third-order valence-corrected chi connectivity index (χ3v) is 4.90. The molecule has 1 saturated heterocycles. The van der Waals surface area contributed by atoms with Crippen LogP contribution in [-0.2, 0) is 35.7 Å². The summed E-state index contributed by atoms with van der Waals surface area (Å²) in [5.41, 5.74) is 3.31. The summed E-state index contributed by atoms with van der Waals surface area (Å²) in [5.74, 6) is 0.263. The molecule has 0 bridgehead atoms. The van der Waals surface area contributed by atoms with E-state index in [4.69, 9.17) is 14.3 Å². The van der Waals surface area contributed by atoms with Gasteiger partial charge >= 0.3 is 0 Å². The second kappa shape index (κ2) is 7.01. The molecule has 0 N–H and O–H groups in total. The van der Waals surface area contributed by atoms with E-state index in [1.54, 1.807) is 12.5 Å². The molecule has 134 valence electrons. The Labute approximate surface area is 147 Å². The number of rotatable bonds is 5. The predicted octanol–water partition coefficient (Wildman–Crippen LogP) is 1.49. The number of carbonyl (C=O) groups is 1. The van der Waals surface area contributed by atoms with Gasteiger partial charge in [0.05, 0.1) is 49.5 Å². The molecular weight excluding hydrogens is 320 g/mol. The molecule has 2 aromatic rings. The van der Waals surface area contributed by atoms with Crippen LogP contribution in [0.3, 0.4) is 0 Å². The monoisotopic (exact) mass is 344 g/mol. The Kier molecular flexibility index (Phi) is 4.59. The van der Waals surface area contributed by atoms with Crippen LogP contribution in [0, 0.1) is 5.92 Å². The molecule has 0 spiro atoms. The van der Waals surface area contributed by atoms with Crippen molar-refractivity contribution in [2.24, 2.45) is 5.92 Å². The van der Waals surface area contributed by atoms with E-state index >= 15 is 0 Å². The summed E-state index contributed by atoms with van der Waals surface area (Å²) in [5, 5.41) is 4.70. The second-order valence-corrected chi connectivity index (χ2v) is 6.97. The lowest BCUT2D eigenvalue weighted by molar-refractivity contribution is -0.137. The van der Waals surface area contributed by atoms with Crippen molar-refractivity contribution in [2.75, 3.05) is 26.8 Å². The molecule has 0 saturated carbocycles. The van der Waals surface area contributed by atoms with Crippen LogP contribution in [0.25, 0.3) is 0 Å². The zero-order valence-electron chi connectivity index (χ0n) is 14.6. The van der Waals surface area contributed by atoms with Gasteiger partial charge in [-0.1, -0.05) is 0 Å². The van der Waals surface area contributed by atoms with Gasteiger partial charge in [0.25, 0.3) is 0 Å². The fraction of sp³-hybridized carbons (Fsp3) is 0.556. The smallest absolute Gasteiger partial charge is 0.228 e. The maximum atomic E-state index is 12.6. The van der Waals surface area contributed by atoms with Crippen molar-refractivity contribution in [3.63, 3.8) is 0 Å². The van der Waals surface area contributed by atoms with Crippen LogP contribution < -0.4 is 0 Å². The highest BCUT2D eigenvalue weighted by atomic mass is 16.5. The number of ether oxygens (including phenoxy) is 1. The van der Waals surface area contributed by atoms with Crippen LogP contribution in [0.1, 0.15) is 23.4 Å². The summed E-state index contributed by atoms with van der Waals surface area (Å²) in [6.07, 6.45) is 4.31. The lowest BCUT2D eigenvalue weighted by Crippen LogP contribution is -2.41. The van der Waals surface area contributed by atoms with Crippen molar-refractivity contribution in [1.82, 2.24) is 19.6 Å². The van der Waals surface area contributed by atoms with Crippen molar-refractivity contribution < 1.29 is 13.9 Å². The van der Waals surface area contributed by atoms with E-state index in [0.717, 1.165) is 49.6 Å². The Morgan fingerprint density at radius 1 is 1.40 bits per heavy atom. The first-order chi connectivity index (χ1) is 12.2. The zero-order chi connectivity index (χ0) is 17.2. The summed E-state index contributed by atoms with van der Waals surface area (Å²) < 4.78 is 12.5. The van der Waals surface area contributed by atoms with Gasteiger partial charge < -0.3 is 14.1 Å². The van der Waals surface area contributed by atoms with Crippen LogP contribution in [0.5, 0.6) is 0 Å². The number of hydrogen-bond acceptors (Lipinski definition) is 5. The minimum absolute atomic E-state index is 0.0371. The summed E-state index contributed by atoms with van der Waals surface area (Å²) >= 11 is 0. The molecule has 0 radical (unpaired) electrons. The van der Waals surface area contributed by atoms with Crippen LogP contribution in [0.4, 0.5) is 0 Å². The van der Waals surface area contributed by atoms with Gasteiger partial charge in [-0.05, 0) is 25.6 Å². The van der Waals surface area contributed by atoms with Gasteiger partial charge in [-0.25, -0.2) is 0 Å². The quantitative estimate of drug-likeness (QED) is 0.822. The van der Waals surface area contributed by atoms with Crippen LogP contribution >= 0.6 is 0 Å². The molecule has 1 unspecified atom stereocenters. The van der Waals surface area contributed by atoms with E-state index in [9.17, 15) is 4.79 Å². The number of hydrogen-bond donors (Lipinski definition) is 0. The van der Waals surface area contributed by atoms with Crippen LogP contribution in [0.2, 0.25) is 0 Å². The molecule has 0 aliphatic carbocycles. The van der Waals surface area contributed by atoms with Crippen molar-refractivity contribution >= 4 is 5.91 Å². The highest BCUT2D eigenvalue weighted by molar-refractivity contribution is 5.79. The molecule has 7 nitrogen and oxygen atoms in total. The van der Waals surface area contributed by atoms with E-state index in [0.29, 0.717) is 19.8 Å². The molecule has 4 heterocycles. The lowest BCUT2D eigenvalue weighted by atomic mass is 10.1.